The fourth-order valence-corrected chi connectivity index (χ4v) is 1.81. The number of nitro groups is 1. The van der Waals surface area contributed by atoms with Crippen LogP contribution in [0.4, 0.5) is 11.4 Å². The van der Waals surface area contributed by atoms with Gasteiger partial charge in [-0.15, -0.1) is 0 Å². The van der Waals surface area contributed by atoms with Gasteiger partial charge in [0.05, 0.1) is 10.6 Å². The number of halogens is 1. The third-order valence-corrected chi connectivity index (χ3v) is 2.61. The Morgan fingerprint density at radius 1 is 1.47 bits per heavy atom. The monoisotopic (exact) mass is 295 g/mol. The van der Waals surface area contributed by atoms with Gasteiger partial charge in [0.25, 0.3) is 15.9 Å². The van der Waals surface area contributed by atoms with Crippen molar-refractivity contribution in [2.45, 2.75) is 0 Å². The summed E-state index contributed by atoms with van der Waals surface area (Å²) < 4.78 is 23.7. The van der Waals surface area contributed by atoms with Crippen LogP contribution in [0.5, 0.6) is 0 Å². The van der Waals surface area contributed by atoms with E-state index in [4.69, 9.17) is 5.14 Å². The Balaban J connectivity index is 3.17. The molecule has 0 aromatic heterocycles. The average Bonchev–Trinajstić information content (AvgIpc) is 2.06. The summed E-state index contributed by atoms with van der Waals surface area (Å²) in [6.45, 7) is 0. The first kappa shape index (κ1) is 11.9. The smallest absolute Gasteiger partial charge is 0.270 e. The molecule has 0 aliphatic carbocycles. The van der Waals surface area contributed by atoms with Gasteiger partial charge in [-0.1, -0.05) is 0 Å². The first-order valence-electron chi connectivity index (χ1n) is 3.54. The molecular formula is C6H6BrN3O4S. The van der Waals surface area contributed by atoms with Crippen molar-refractivity contribution in [3.63, 3.8) is 0 Å². The van der Waals surface area contributed by atoms with Crippen LogP contribution in [-0.4, -0.2) is 13.3 Å². The molecule has 0 amide bonds. The van der Waals surface area contributed by atoms with Crippen LogP contribution in [0.2, 0.25) is 0 Å². The predicted octanol–water partition coefficient (Wildman–Crippen LogP) is 0.973. The molecule has 7 nitrogen and oxygen atoms in total. The van der Waals surface area contributed by atoms with Crippen LogP contribution in [0.1, 0.15) is 0 Å². The van der Waals surface area contributed by atoms with E-state index in [9.17, 15) is 18.5 Å². The molecule has 0 unspecified atom stereocenters. The largest absolute Gasteiger partial charge is 0.296 e. The van der Waals surface area contributed by atoms with E-state index in [0.717, 1.165) is 6.07 Å². The first-order chi connectivity index (χ1) is 6.79. The molecule has 1 aromatic carbocycles. The summed E-state index contributed by atoms with van der Waals surface area (Å²) in [5, 5.41) is 15.1. The quantitative estimate of drug-likeness (QED) is 0.638. The fourth-order valence-electron chi connectivity index (χ4n) is 0.858. The van der Waals surface area contributed by atoms with Crippen LogP contribution in [0.3, 0.4) is 0 Å². The Bertz CT molecular complexity index is 501. The number of rotatable bonds is 3. The minimum atomic E-state index is -3.94. The number of nitrogens with two attached hydrogens (primary N) is 1. The van der Waals surface area contributed by atoms with Crippen molar-refractivity contribution in [1.29, 1.82) is 0 Å². The number of hydrogen-bond donors (Lipinski definition) is 2. The van der Waals surface area contributed by atoms with E-state index >= 15 is 0 Å². The third kappa shape index (κ3) is 3.46. The van der Waals surface area contributed by atoms with Gasteiger partial charge in [-0.3, -0.25) is 14.8 Å². The lowest BCUT2D eigenvalue weighted by atomic mass is 10.3. The molecular weight excluding hydrogens is 290 g/mol. The van der Waals surface area contributed by atoms with E-state index in [1.54, 1.807) is 0 Å². The second kappa shape index (κ2) is 4.13. The molecule has 3 N–H and O–H groups in total. The standard InChI is InChI=1S/C6H6BrN3O4S/c7-5-2-1-4(10(11)12)3-6(5)9-15(8,13)14/h1-3,9H,(H2,8,13,14). The molecule has 82 valence electrons. The van der Waals surface area contributed by atoms with Crippen LogP contribution >= 0.6 is 15.9 Å². The van der Waals surface area contributed by atoms with Crippen molar-refractivity contribution in [2.75, 3.05) is 4.72 Å². The number of nitrogens with zero attached hydrogens (tertiary/aromatic N) is 1. The van der Waals surface area contributed by atoms with Crippen LogP contribution in [-0.2, 0) is 10.2 Å². The normalized spacial score (nSPS) is 11.1. The lowest BCUT2D eigenvalue weighted by Crippen LogP contribution is -2.21. The summed E-state index contributed by atoms with van der Waals surface area (Å²) in [5.74, 6) is 0. The van der Waals surface area contributed by atoms with Crippen molar-refractivity contribution in [2.24, 2.45) is 5.14 Å². The molecule has 0 fully saturated rings. The molecule has 0 aliphatic rings. The van der Waals surface area contributed by atoms with E-state index in [-0.39, 0.29) is 11.4 Å². The fraction of sp³-hybridized carbons (Fsp3) is 0. The van der Waals surface area contributed by atoms with Crippen molar-refractivity contribution in [1.82, 2.24) is 0 Å². The molecule has 9 heteroatoms. The lowest BCUT2D eigenvalue weighted by Gasteiger charge is -2.05. The van der Waals surface area contributed by atoms with Crippen molar-refractivity contribution in [3.05, 3.63) is 32.8 Å². The van der Waals surface area contributed by atoms with Gasteiger partial charge < -0.3 is 0 Å². The highest BCUT2D eigenvalue weighted by Crippen LogP contribution is 2.27. The summed E-state index contributed by atoms with van der Waals surface area (Å²) in [6.07, 6.45) is 0. The van der Waals surface area contributed by atoms with Crippen molar-refractivity contribution in [3.8, 4) is 0 Å². The summed E-state index contributed by atoms with van der Waals surface area (Å²) in [6, 6.07) is 3.65. The second-order valence-electron chi connectivity index (χ2n) is 2.57. The molecule has 0 saturated carbocycles. The van der Waals surface area contributed by atoms with E-state index in [0.29, 0.717) is 4.47 Å². The lowest BCUT2D eigenvalue weighted by molar-refractivity contribution is -0.384. The Labute approximate surface area is 93.7 Å². The molecule has 15 heavy (non-hydrogen) atoms. The van der Waals surface area contributed by atoms with Gasteiger partial charge in [-0.05, 0) is 22.0 Å². The van der Waals surface area contributed by atoms with Crippen LogP contribution < -0.4 is 9.86 Å². The molecule has 0 bridgehead atoms. The first-order valence-corrected chi connectivity index (χ1v) is 5.88. The Kier molecular flexibility index (Phi) is 3.27. The zero-order valence-corrected chi connectivity index (χ0v) is 9.58. The van der Waals surface area contributed by atoms with E-state index in [1.807, 2.05) is 4.72 Å². The van der Waals surface area contributed by atoms with E-state index in [1.165, 1.54) is 12.1 Å². The minimum Gasteiger partial charge on any atom is -0.270 e. The Morgan fingerprint density at radius 3 is 2.53 bits per heavy atom. The maximum Gasteiger partial charge on any atom is 0.296 e. The molecule has 0 aliphatic heterocycles. The topological polar surface area (TPSA) is 115 Å². The summed E-state index contributed by atoms with van der Waals surface area (Å²) in [7, 11) is -3.94. The van der Waals surface area contributed by atoms with E-state index in [2.05, 4.69) is 15.9 Å². The zero-order valence-electron chi connectivity index (χ0n) is 7.18. The molecule has 0 spiro atoms. The second-order valence-corrected chi connectivity index (χ2v) is 4.72. The number of non-ortho nitro benzene ring substituents is 1. The molecule has 0 atom stereocenters. The number of hydrogen-bond acceptors (Lipinski definition) is 4. The molecule has 0 saturated heterocycles. The van der Waals surface area contributed by atoms with Gasteiger partial charge in [0.1, 0.15) is 0 Å². The van der Waals surface area contributed by atoms with Gasteiger partial charge in [0.2, 0.25) is 0 Å². The van der Waals surface area contributed by atoms with Gasteiger partial charge in [0, 0.05) is 16.6 Å². The van der Waals surface area contributed by atoms with Crippen LogP contribution in [0, 0.1) is 10.1 Å². The molecule has 0 heterocycles. The van der Waals surface area contributed by atoms with Gasteiger partial charge in [0.15, 0.2) is 0 Å². The summed E-state index contributed by atoms with van der Waals surface area (Å²) in [5.41, 5.74) is -0.212. The molecule has 0 radical (unpaired) electrons. The Hall–Kier alpha value is -1.19. The number of nitro benzene ring substituents is 1. The SMILES string of the molecule is NS(=O)(=O)Nc1cc([N+](=O)[O-])ccc1Br. The van der Waals surface area contributed by atoms with Crippen molar-refractivity contribution >= 4 is 37.5 Å². The maximum atomic E-state index is 10.7. The number of benzene rings is 1. The zero-order chi connectivity index (χ0) is 11.6. The number of anilines is 1. The average molecular weight is 296 g/mol. The third-order valence-electron chi connectivity index (χ3n) is 1.41. The predicted molar refractivity (Wildman–Crippen MR) is 57.5 cm³/mol. The number of nitrogens with one attached hydrogen (secondary N) is 1. The summed E-state index contributed by atoms with van der Waals surface area (Å²) in [4.78, 5) is 9.77. The Morgan fingerprint density at radius 2 is 2.07 bits per heavy atom. The van der Waals surface area contributed by atoms with Crippen LogP contribution in [0.15, 0.2) is 22.7 Å². The summed E-state index contributed by atoms with van der Waals surface area (Å²) >= 11 is 3.03. The van der Waals surface area contributed by atoms with E-state index < -0.39 is 15.1 Å². The van der Waals surface area contributed by atoms with Crippen molar-refractivity contribution < 1.29 is 13.3 Å². The van der Waals surface area contributed by atoms with Crippen LogP contribution in [0.25, 0.3) is 0 Å². The maximum absolute atomic E-state index is 10.7. The highest BCUT2D eigenvalue weighted by Gasteiger charge is 2.12. The van der Waals surface area contributed by atoms with Gasteiger partial charge in [-0.2, -0.15) is 8.42 Å². The highest BCUT2D eigenvalue weighted by molar-refractivity contribution is 9.10. The molecule has 1 aromatic rings. The highest BCUT2D eigenvalue weighted by atomic mass is 79.9. The van der Waals surface area contributed by atoms with Gasteiger partial charge in [-0.25, -0.2) is 5.14 Å². The molecule has 1 rings (SSSR count). The minimum absolute atomic E-state index is 0.0201. The van der Waals surface area contributed by atoms with Gasteiger partial charge >= 0.3 is 0 Å².